The first-order chi connectivity index (χ1) is 7.94. The van der Waals surface area contributed by atoms with Crippen LogP contribution in [-0.4, -0.2) is 17.6 Å². The molecule has 5 heteroatoms. The zero-order valence-corrected chi connectivity index (χ0v) is 9.94. The number of aromatic nitrogens is 1. The van der Waals surface area contributed by atoms with E-state index in [0.717, 1.165) is 5.69 Å². The predicted octanol–water partition coefficient (Wildman–Crippen LogP) is 1.86. The van der Waals surface area contributed by atoms with E-state index in [-0.39, 0.29) is 0 Å². The van der Waals surface area contributed by atoms with Crippen molar-refractivity contribution in [2.45, 2.75) is 19.4 Å². The molecule has 1 N–H and O–H groups in total. The highest BCUT2D eigenvalue weighted by atomic mass is 16.4. The van der Waals surface area contributed by atoms with Crippen LogP contribution in [0.4, 0.5) is 5.69 Å². The molecule has 0 atom stereocenters. The van der Waals surface area contributed by atoms with Gasteiger partial charge in [0.1, 0.15) is 5.54 Å². The predicted molar refractivity (Wildman–Crippen MR) is 64.9 cm³/mol. The van der Waals surface area contributed by atoms with Crippen molar-refractivity contribution in [2.24, 2.45) is 0 Å². The van der Waals surface area contributed by atoms with E-state index in [1.165, 1.54) is 0 Å². The lowest BCUT2D eigenvalue weighted by molar-refractivity contribution is 0.555. The highest BCUT2D eigenvalue weighted by molar-refractivity contribution is 5.77. The van der Waals surface area contributed by atoms with E-state index >= 15 is 0 Å². The number of H-pyrrole nitrogens is 1. The van der Waals surface area contributed by atoms with E-state index in [4.69, 9.17) is 9.68 Å². The molecule has 0 aliphatic rings. The zero-order chi connectivity index (χ0) is 12.6. The Labute approximate surface area is 98.3 Å². The Bertz CT molecular complexity index is 646. The van der Waals surface area contributed by atoms with Crippen LogP contribution in [0.25, 0.3) is 11.1 Å². The van der Waals surface area contributed by atoms with Gasteiger partial charge in [-0.1, -0.05) is 0 Å². The van der Waals surface area contributed by atoms with Gasteiger partial charge in [0.25, 0.3) is 0 Å². The van der Waals surface area contributed by atoms with Crippen molar-refractivity contribution < 1.29 is 4.42 Å². The molecule has 2 rings (SSSR count). The zero-order valence-electron chi connectivity index (χ0n) is 9.94. The normalized spacial score (nSPS) is 11.4. The topological polar surface area (TPSA) is 73.0 Å². The summed E-state index contributed by atoms with van der Waals surface area (Å²) in [6.45, 7) is 3.66. The summed E-state index contributed by atoms with van der Waals surface area (Å²) < 4.78 is 4.92. The van der Waals surface area contributed by atoms with Crippen molar-refractivity contribution in [3.05, 3.63) is 28.7 Å². The molecule has 0 spiro atoms. The first-order valence-corrected chi connectivity index (χ1v) is 5.22. The number of nitrogens with one attached hydrogen (secondary N) is 1. The lowest BCUT2D eigenvalue weighted by Gasteiger charge is -2.31. The average Bonchev–Trinajstić information content (AvgIpc) is 2.66. The van der Waals surface area contributed by atoms with Gasteiger partial charge >= 0.3 is 5.76 Å². The number of hydrogen-bond donors (Lipinski definition) is 1. The van der Waals surface area contributed by atoms with Crippen molar-refractivity contribution >= 4 is 16.8 Å². The Morgan fingerprint density at radius 1 is 1.47 bits per heavy atom. The Morgan fingerprint density at radius 2 is 2.18 bits per heavy atom. The van der Waals surface area contributed by atoms with Gasteiger partial charge in [-0.05, 0) is 32.0 Å². The minimum Gasteiger partial charge on any atom is -0.408 e. The molecule has 5 nitrogen and oxygen atoms in total. The van der Waals surface area contributed by atoms with Crippen LogP contribution < -0.4 is 10.7 Å². The second kappa shape index (κ2) is 3.67. The third-order valence-corrected chi connectivity index (χ3v) is 2.90. The molecule has 0 aliphatic heterocycles. The molecule has 17 heavy (non-hydrogen) atoms. The van der Waals surface area contributed by atoms with Crippen LogP contribution in [0.15, 0.2) is 27.4 Å². The summed E-state index contributed by atoms with van der Waals surface area (Å²) in [5.41, 5.74) is 1.38. The lowest BCUT2D eigenvalue weighted by atomic mass is 10.1. The number of anilines is 1. The van der Waals surface area contributed by atoms with Crippen LogP contribution in [0.5, 0.6) is 0 Å². The maximum Gasteiger partial charge on any atom is 0.417 e. The maximum atomic E-state index is 11.0. The fraction of sp³-hybridized carbons (Fsp3) is 0.333. The van der Waals surface area contributed by atoms with E-state index in [1.54, 1.807) is 12.1 Å². The average molecular weight is 231 g/mol. The van der Waals surface area contributed by atoms with Gasteiger partial charge in [0.15, 0.2) is 5.58 Å². The van der Waals surface area contributed by atoms with Crippen LogP contribution >= 0.6 is 0 Å². The van der Waals surface area contributed by atoms with Gasteiger partial charge in [-0.3, -0.25) is 4.98 Å². The molecule has 0 saturated heterocycles. The molecule has 0 aliphatic carbocycles. The number of nitriles is 1. The van der Waals surface area contributed by atoms with Gasteiger partial charge in [-0.25, -0.2) is 4.79 Å². The number of fused-ring (bicyclic) bond motifs is 1. The fourth-order valence-electron chi connectivity index (χ4n) is 1.55. The molecule has 0 saturated carbocycles. The van der Waals surface area contributed by atoms with E-state index in [2.05, 4.69) is 11.1 Å². The summed E-state index contributed by atoms with van der Waals surface area (Å²) in [6, 6.07) is 7.55. The molecule has 88 valence electrons. The van der Waals surface area contributed by atoms with Gasteiger partial charge in [0, 0.05) is 12.7 Å². The SMILES string of the molecule is CN(c1ccc2oc(=O)[nH]c2c1)C(C)(C)C#N. The van der Waals surface area contributed by atoms with Crippen LogP contribution in [0.3, 0.4) is 0 Å². The van der Waals surface area contributed by atoms with Crippen molar-refractivity contribution in [2.75, 3.05) is 11.9 Å². The smallest absolute Gasteiger partial charge is 0.408 e. The van der Waals surface area contributed by atoms with Crippen molar-refractivity contribution in [3.63, 3.8) is 0 Å². The highest BCUT2D eigenvalue weighted by Gasteiger charge is 2.23. The molecular weight excluding hydrogens is 218 g/mol. The van der Waals surface area contributed by atoms with Crippen molar-refractivity contribution in [1.29, 1.82) is 5.26 Å². The van der Waals surface area contributed by atoms with Gasteiger partial charge in [-0.2, -0.15) is 5.26 Å². The maximum absolute atomic E-state index is 11.0. The van der Waals surface area contributed by atoms with E-state index in [1.807, 2.05) is 31.9 Å². The Balaban J connectivity index is 2.50. The number of oxazole rings is 1. The summed E-state index contributed by atoms with van der Waals surface area (Å²) >= 11 is 0. The second-order valence-electron chi connectivity index (χ2n) is 4.42. The molecule has 0 amide bonds. The summed E-state index contributed by atoms with van der Waals surface area (Å²) in [5, 5.41) is 9.08. The quantitative estimate of drug-likeness (QED) is 0.856. The Kier molecular flexibility index (Phi) is 2.43. The first kappa shape index (κ1) is 11.3. The fourth-order valence-corrected chi connectivity index (χ4v) is 1.55. The molecular formula is C12H13N3O2. The standard InChI is InChI=1S/C12H13N3O2/c1-12(2,7-13)15(3)8-4-5-10-9(6-8)14-11(16)17-10/h4-6H,1-3H3,(H,14,16). The van der Waals surface area contributed by atoms with Gasteiger partial charge in [0.05, 0.1) is 11.6 Å². The summed E-state index contributed by atoms with van der Waals surface area (Å²) in [5.74, 6) is -0.473. The van der Waals surface area contributed by atoms with Crippen LogP contribution in [0.1, 0.15) is 13.8 Å². The first-order valence-electron chi connectivity index (χ1n) is 5.22. The minimum atomic E-state index is -0.613. The van der Waals surface area contributed by atoms with Crippen molar-refractivity contribution in [3.8, 4) is 6.07 Å². The molecule has 0 bridgehead atoms. The molecule has 0 fully saturated rings. The minimum absolute atomic E-state index is 0.473. The molecule has 1 aromatic carbocycles. The summed E-state index contributed by atoms with van der Waals surface area (Å²) in [4.78, 5) is 15.5. The second-order valence-corrected chi connectivity index (χ2v) is 4.42. The third kappa shape index (κ3) is 1.89. The molecule has 2 aromatic rings. The van der Waals surface area contributed by atoms with Gasteiger partial charge in [-0.15, -0.1) is 0 Å². The number of nitrogens with zero attached hydrogens (tertiary/aromatic N) is 2. The van der Waals surface area contributed by atoms with Crippen LogP contribution in [0, 0.1) is 11.3 Å². The summed E-state index contributed by atoms with van der Waals surface area (Å²) in [6.07, 6.45) is 0. The Morgan fingerprint density at radius 3 is 2.82 bits per heavy atom. The molecule has 0 unspecified atom stereocenters. The number of hydrogen-bond acceptors (Lipinski definition) is 4. The number of rotatable bonds is 2. The molecule has 1 heterocycles. The molecule has 0 radical (unpaired) electrons. The third-order valence-electron chi connectivity index (χ3n) is 2.90. The number of aromatic amines is 1. The Hall–Kier alpha value is -2.22. The summed E-state index contributed by atoms with van der Waals surface area (Å²) in [7, 11) is 1.84. The van der Waals surface area contributed by atoms with E-state index in [0.29, 0.717) is 11.1 Å². The van der Waals surface area contributed by atoms with Gasteiger partial charge < -0.3 is 9.32 Å². The van der Waals surface area contributed by atoms with Gasteiger partial charge in [0.2, 0.25) is 0 Å². The van der Waals surface area contributed by atoms with E-state index < -0.39 is 11.3 Å². The van der Waals surface area contributed by atoms with Crippen molar-refractivity contribution in [1.82, 2.24) is 4.98 Å². The molecule has 1 aromatic heterocycles. The largest absolute Gasteiger partial charge is 0.417 e. The van der Waals surface area contributed by atoms with Crippen LogP contribution in [0.2, 0.25) is 0 Å². The van der Waals surface area contributed by atoms with E-state index in [9.17, 15) is 4.79 Å². The van der Waals surface area contributed by atoms with Crippen LogP contribution in [-0.2, 0) is 0 Å². The lowest BCUT2D eigenvalue weighted by Crippen LogP contribution is -2.39. The highest BCUT2D eigenvalue weighted by Crippen LogP contribution is 2.24. The monoisotopic (exact) mass is 231 g/mol. The number of benzene rings is 1.